The summed E-state index contributed by atoms with van der Waals surface area (Å²) < 4.78 is 22.2. The maximum absolute atomic E-state index is 12.3. The highest BCUT2D eigenvalue weighted by atomic mass is 16.6. The van der Waals surface area contributed by atoms with Gasteiger partial charge in [0.25, 0.3) is 5.91 Å². The summed E-state index contributed by atoms with van der Waals surface area (Å²) in [5, 5.41) is 2.74. The first-order valence-corrected chi connectivity index (χ1v) is 9.60. The van der Waals surface area contributed by atoms with Crippen LogP contribution in [-0.2, 0) is 20.7 Å². The van der Waals surface area contributed by atoms with Crippen LogP contribution in [0.3, 0.4) is 0 Å². The Balaban J connectivity index is 1.69. The molecule has 2 amide bonds. The molecule has 2 heterocycles. The molecular weight excluding hydrogens is 364 g/mol. The summed E-state index contributed by atoms with van der Waals surface area (Å²) in [5.74, 6) is 1.12. The Morgan fingerprint density at radius 2 is 1.93 bits per heavy atom. The van der Waals surface area contributed by atoms with Gasteiger partial charge in [0, 0.05) is 18.7 Å². The van der Waals surface area contributed by atoms with Crippen LogP contribution in [0.5, 0.6) is 11.5 Å². The molecule has 0 radical (unpaired) electrons. The highest BCUT2D eigenvalue weighted by molar-refractivity contribution is 5.88. The average Bonchev–Trinajstić information content (AvgIpc) is 2.66. The fourth-order valence-corrected chi connectivity index (χ4v) is 3.13. The third kappa shape index (κ3) is 5.28. The number of nitrogens with zero attached hydrogens (tertiary/aromatic N) is 1. The Morgan fingerprint density at radius 1 is 1.18 bits per heavy atom. The van der Waals surface area contributed by atoms with Gasteiger partial charge >= 0.3 is 6.09 Å². The predicted molar refractivity (Wildman–Crippen MR) is 103 cm³/mol. The number of ether oxygens (including phenoxy) is 4. The highest BCUT2D eigenvalue weighted by Gasteiger charge is 2.24. The van der Waals surface area contributed by atoms with E-state index in [-0.39, 0.29) is 12.5 Å². The van der Waals surface area contributed by atoms with Crippen molar-refractivity contribution in [3.05, 3.63) is 17.7 Å². The number of carbonyl (C=O) groups excluding carboxylic acids is 2. The fraction of sp³-hybridized carbons (Fsp3) is 0.600. The van der Waals surface area contributed by atoms with Crippen molar-refractivity contribution >= 4 is 17.7 Å². The Bertz CT molecular complexity index is 722. The van der Waals surface area contributed by atoms with Crippen molar-refractivity contribution in [2.45, 2.75) is 39.2 Å². The molecule has 1 aromatic rings. The van der Waals surface area contributed by atoms with Crippen LogP contribution in [0.1, 0.15) is 32.8 Å². The van der Waals surface area contributed by atoms with Crippen molar-refractivity contribution in [2.75, 3.05) is 44.8 Å². The quantitative estimate of drug-likeness (QED) is 0.848. The van der Waals surface area contributed by atoms with E-state index >= 15 is 0 Å². The molecule has 0 atom stereocenters. The molecule has 3 rings (SSSR count). The number of hydrogen-bond acceptors (Lipinski definition) is 6. The van der Waals surface area contributed by atoms with Gasteiger partial charge in [0.1, 0.15) is 17.1 Å². The number of morpholine rings is 1. The second-order valence-electron chi connectivity index (χ2n) is 7.78. The predicted octanol–water partition coefficient (Wildman–Crippen LogP) is 2.60. The van der Waals surface area contributed by atoms with E-state index in [4.69, 9.17) is 18.9 Å². The molecule has 0 bridgehead atoms. The molecule has 28 heavy (non-hydrogen) atoms. The maximum Gasteiger partial charge on any atom is 0.412 e. The number of hydrogen-bond donors (Lipinski definition) is 1. The van der Waals surface area contributed by atoms with Crippen molar-refractivity contribution in [1.29, 1.82) is 0 Å². The molecule has 0 aliphatic carbocycles. The van der Waals surface area contributed by atoms with E-state index < -0.39 is 11.7 Å². The lowest BCUT2D eigenvalue weighted by molar-refractivity contribution is -0.137. The number of fused-ring (bicyclic) bond motifs is 1. The van der Waals surface area contributed by atoms with Crippen LogP contribution in [0.25, 0.3) is 0 Å². The number of nitrogens with one attached hydrogen (secondary N) is 1. The van der Waals surface area contributed by atoms with Crippen LogP contribution in [0.15, 0.2) is 12.1 Å². The monoisotopic (exact) mass is 392 g/mol. The topological polar surface area (TPSA) is 86.3 Å². The smallest absolute Gasteiger partial charge is 0.412 e. The van der Waals surface area contributed by atoms with Gasteiger partial charge in [0.15, 0.2) is 6.61 Å². The molecule has 8 heteroatoms. The number of benzene rings is 1. The second kappa shape index (κ2) is 8.68. The molecule has 0 saturated carbocycles. The minimum atomic E-state index is -0.589. The van der Waals surface area contributed by atoms with Crippen molar-refractivity contribution < 1.29 is 28.5 Å². The van der Waals surface area contributed by atoms with Gasteiger partial charge in [0.05, 0.1) is 25.5 Å². The first kappa shape index (κ1) is 20.3. The van der Waals surface area contributed by atoms with Gasteiger partial charge in [-0.15, -0.1) is 0 Å². The van der Waals surface area contributed by atoms with Gasteiger partial charge in [-0.1, -0.05) is 0 Å². The van der Waals surface area contributed by atoms with Crippen LogP contribution in [0.4, 0.5) is 10.5 Å². The Morgan fingerprint density at radius 3 is 2.64 bits per heavy atom. The molecule has 0 spiro atoms. The van der Waals surface area contributed by atoms with E-state index in [1.165, 1.54) is 0 Å². The van der Waals surface area contributed by atoms with Gasteiger partial charge in [0.2, 0.25) is 0 Å². The second-order valence-corrected chi connectivity index (χ2v) is 7.78. The van der Waals surface area contributed by atoms with Crippen LogP contribution in [0.2, 0.25) is 0 Å². The van der Waals surface area contributed by atoms with Crippen molar-refractivity contribution in [3.63, 3.8) is 0 Å². The first-order valence-electron chi connectivity index (χ1n) is 9.60. The van der Waals surface area contributed by atoms with Crippen LogP contribution >= 0.6 is 0 Å². The SMILES string of the molecule is CC(C)(C)OC(=O)Nc1ccc(OCC(=O)N2CCOCC2)c2c1OCCC2. The van der Waals surface area contributed by atoms with E-state index in [0.717, 1.165) is 18.4 Å². The van der Waals surface area contributed by atoms with Crippen molar-refractivity contribution in [3.8, 4) is 11.5 Å². The minimum absolute atomic E-state index is 0.0364. The van der Waals surface area contributed by atoms with Crippen LogP contribution in [-0.4, -0.2) is 62.0 Å². The van der Waals surface area contributed by atoms with Gasteiger partial charge in [-0.25, -0.2) is 4.79 Å². The molecule has 2 aliphatic heterocycles. The molecule has 1 N–H and O–H groups in total. The van der Waals surface area contributed by atoms with E-state index in [0.29, 0.717) is 50.1 Å². The third-order valence-corrected chi connectivity index (χ3v) is 4.39. The summed E-state index contributed by atoms with van der Waals surface area (Å²) >= 11 is 0. The molecule has 1 saturated heterocycles. The molecular formula is C20H28N2O6. The maximum atomic E-state index is 12.3. The molecule has 0 aromatic heterocycles. The van der Waals surface area contributed by atoms with Gasteiger partial charge < -0.3 is 23.8 Å². The number of anilines is 1. The zero-order valence-corrected chi connectivity index (χ0v) is 16.7. The van der Waals surface area contributed by atoms with Crippen LogP contribution < -0.4 is 14.8 Å². The van der Waals surface area contributed by atoms with E-state index in [1.54, 1.807) is 37.8 Å². The first-order chi connectivity index (χ1) is 13.3. The third-order valence-electron chi connectivity index (χ3n) is 4.39. The van der Waals surface area contributed by atoms with Gasteiger partial charge in [-0.05, 0) is 45.7 Å². The summed E-state index contributed by atoms with van der Waals surface area (Å²) in [4.78, 5) is 26.2. The Kier molecular flexibility index (Phi) is 6.28. The number of amides is 2. The average molecular weight is 392 g/mol. The van der Waals surface area contributed by atoms with E-state index in [2.05, 4.69) is 5.32 Å². The standard InChI is InChI=1S/C20H28N2O6/c1-20(2,3)28-19(24)21-15-6-7-16(14-5-4-10-26-18(14)15)27-13-17(23)22-8-11-25-12-9-22/h6-7H,4-5,8-13H2,1-3H3,(H,21,24). The highest BCUT2D eigenvalue weighted by Crippen LogP contribution is 2.39. The van der Waals surface area contributed by atoms with Crippen LogP contribution in [0, 0.1) is 0 Å². The lowest BCUT2D eigenvalue weighted by atomic mass is 10.0. The summed E-state index contributed by atoms with van der Waals surface area (Å²) in [6.45, 7) is 8.23. The van der Waals surface area contributed by atoms with Crippen molar-refractivity contribution in [2.24, 2.45) is 0 Å². The fourth-order valence-electron chi connectivity index (χ4n) is 3.13. The molecule has 2 aliphatic rings. The summed E-state index contributed by atoms with van der Waals surface area (Å²) in [7, 11) is 0. The Labute approximate surface area is 165 Å². The largest absolute Gasteiger partial charge is 0.491 e. The molecule has 1 aromatic carbocycles. The summed E-state index contributed by atoms with van der Waals surface area (Å²) in [5.41, 5.74) is 0.805. The number of rotatable bonds is 4. The zero-order chi connectivity index (χ0) is 20.1. The lowest BCUT2D eigenvalue weighted by Gasteiger charge is -2.27. The van der Waals surface area contributed by atoms with Gasteiger partial charge in [-0.3, -0.25) is 10.1 Å². The van der Waals surface area contributed by atoms with Gasteiger partial charge in [-0.2, -0.15) is 0 Å². The molecule has 1 fully saturated rings. The normalized spacial score (nSPS) is 16.6. The van der Waals surface area contributed by atoms with E-state index in [9.17, 15) is 9.59 Å². The number of carbonyl (C=O) groups is 2. The summed E-state index contributed by atoms with van der Waals surface area (Å²) in [6, 6.07) is 3.47. The van der Waals surface area contributed by atoms with Crippen molar-refractivity contribution in [1.82, 2.24) is 4.90 Å². The molecule has 154 valence electrons. The lowest BCUT2D eigenvalue weighted by Crippen LogP contribution is -2.43. The molecule has 0 unspecified atom stereocenters. The summed E-state index contributed by atoms with van der Waals surface area (Å²) in [6.07, 6.45) is 1.05. The molecule has 8 nitrogen and oxygen atoms in total. The van der Waals surface area contributed by atoms with E-state index in [1.807, 2.05) is 0 Å². The minimum Gasteiger partial charge on any atom is -0.491 e. The zero-order valence-electron chi connectivity index (χ0n) is 16.7. The Hall–Kier alpha value is -2.48.